The molecule has 0 aliphatic heterocycles. The van der Waals surface area contributed by atoms with Gasteiger partial charge >= 0.3 is 0 Å². The monoisotopic (exact) mass is 371 g/mol. The van der Waals surface area contributed by atoms with Crippen molar-refractivity contribution >= 4 is 17.2 Å². The molecule has 3 aromatic heterocycles. The molecule has 0 unspecified atom stereocenters. The van der Waals surface area contributed by atoms with Gasteiger partial charge < -0.3 is 14.1 Å². The average molecular weight is 371 g/mol. The number of hydrogen-bond donors (Lipinski definition) is 0. The second kappa shape index (κ2) is 7.29. The molecule has 0 saturated carbocycles. The molecule has 0 aromatic carbocycles. The van der Waals surface area contributed by atoms with Crippen molar-refractivity contribution in [2.45, 2.75) is 27.3 Å². The van der Waals surface area contributed by atoms with Crippen LogP contribution in [0.4, 0.5) is 0 Å². The van der Waals surface area contributed by atoms with Crippen LogP contribution < -0.4 is 4.74 Å². The highest BCUT2D eigenvalue weighted by atomic mass is 32.1. The fraction of sp³-hybridized carbons (Fsp3) is 0.316. The molecule has 3 heterocycles. The van der Waals surface area contributed by atoms with Crippen LogP contribution in [-0.4, -0.2) is 34.9 Å². The van der Waals surface area contributed by atoms with E-state index in [4.69, 9.17) is 9.15 Å². The number of nitrogens with zero attached hydrogens (tertiary/aromatic N) is 3. The van der Waals surface area contributed by atoms with Crippen molar-refractivity contribution in [3.05, 3.63) is 52.0 Å². The van der Waals surface area contributed by atoms with E-state index in [0.717, 1.165) is 27.4 Å². The molecule has 0 aliphatic carbocycles. The van der Waals surface area contributed by atoms with E-state index in [2.05, 4.69) is 9.97 Å². The molecule has 0 radical (unpaired) electrons. The Bertz CT molecular complexity index is 932. The highest BCUT2D eigenvalue weighted by Crippen LogP contribution is 2.27. The minimum Gasteiger partial charge on any atom is -0.496 e. The van der Waals surface area contributed by atoms with Gasteiger partial charge in [0.15, 0.2) is 5.69 Å². The van der Waals surface area contributed by atoms with Crippen LogP contribution in [0.2, 0.25) is 0 Å². The third-order valence-corrected chi connectivity index (χ3v) is 5.07. The Morgan fingerprint density at radius 1 is 1.35 bits per heavy atom. The third-order valence-electron chi connectivity index (χ3n) is 4.21. The first-order chi connectivity index (χ1) is 12.4. The molecule has 0 N–H and O–H groups in total. The van der Waals surface area contributed by atoms with Gasteiger partial charge in [0.2, 0.25) is 5.89 Å². The van der Waals surface area contributed by atoms with Gasteiger partial charge in [-0.05, 0) is 32.2 Å². The molecule has 136 valence electrons. The van der Waals surface area contributed by atoms with E-state index in [1.807, 2.05) is 31.4 Å². The predicted molar refractivity (Wildman–Crippen MR) is 101 cm³/mol. The summed E-state index contributed by atoms with van der Waals surface area (Å²) < 4.78 is 11.1. The molecule has 0 aliphatic rings. The van der Waals surface area contributed by atoms with Crippen molar-refractivity contribution in [1.82, 2.24) is 14.9 Å². The molecular formula is C19H21N3O3S. The van der Waals surface area contributed by atoms with Crippen LogP contribution in [-0.2, 0) is 6.54 Å². The van der Waals surface area contributed by atoms with Crippen LogP contribution in [0.1, 0.15) is 33.1 Å². The van der Waals surface area contributed by atoms with E-state index >= 15 is 0 Å². The molecule has 0 saturated heterocycles. The number of amides is 1. The van der Waals surface area contributed by atoms with Crippen molar-refractivity contribution in [3.8, 4) is 16.5 Å². The van der Waals surface area contributed by atoms with Crippen LogP contribution >= 0.6 is 11.3 Å². The molecule has 3 aromatic rings. The van der Waals surface area contributed by atoms with E-state index < -0.39 is 0 Å². The normalized spacial score (nSPS) is 10.8. The van der Waals surface area contributed by atoms with Gasteiger partial charge in [-0.3, -0.25) is 9.78 Å². The number of carbonyl (C=O) groups excluding carboxylic acids is 1. The lowest BCUT2D eigenvalue weighted by Crippen LogP contribution is -2.28. The van der Waals surface area contributed by atoms with E-state index in [0.29, 0.717) is 23.9 Å². The van der Waals surface area contributed by atoms with Gasteiger partial charge in [0, 0.05) is 24.4 Å². The molecule has 3 rings (SSSR count). The lowest BCUT2D eigenvalue weighted by molar-refractivity contribution is 0.0776. The SMILES string of the molecule is COc1c(C)cnc(CN(C)C(=O)c2nc(-c3cccs3)oc2C)c1C. The van der Waals surface area contributed by atoms with Gasteiger partial charge in [-0.25, -0.2) is 4.98 Å². The average Bonchev–Trinajstić information content (AvgIpc) is 3.26. The van der Waals surface area contributed by atoms with Crippen LogP contribution in [0.25, 0.3) is 10.8 Å². The minimum absolute atomic E-state index is 0.199. The molecule has 6 nitrogen and oxygen atoms in total. The standard InChI is InChI=1S/C19H21N3O3S/c1-11-9-20-14(12(2)17(11)24-5)10-22(4)19(23)16-13(3)25-18(21-16)15-7-6-8-26-15/h6-9H,10H2,1-5H3. The van der Waals surface area contributed by atoms with Gasteiger partial charge in [0.25, 0.3) is 5.91 Å². The number of hydrogen-bond acceptors (Lipinski definition) is 6. The first-order valence-corrected chi connectivity index (χ1v) is 9.06. The Balaban J connectivity index is 1.83. The summed E-state index contributed by atoms with van der Waals surface area (Å²) in [5.41, 5.74) is 3.02. The zero-order chi connectivity index (χ0) is 18.8. The Morgan fingerprint density at radius 3 is 2.77 bits per heavy atom. The lowest BCUT2D eigenvalue weighted by atomic mass is 10.1. The van der Waals surface area contributed by atoms with Crippen LogP contribution in [0.15, 0.2) is 28.1 Å². The topological polar surface area (TPSA) is 68.5 Å². The summed E-state index contributed by atoms with van der Waals surface area (Å²) in [6, 6.07) is 3.84. The van der Waals surface area contributed by atoms with Crippen LogP contribution in [0, 0.1) is 20.8 Å². The number of pyridine rings is 1. The molecule has 1 amide bonds. The number of aromatic nitrogens is 2. The maximum absolute atomic E-state index is 12.8. The number of rotatable bonds is 5. The summed E-state index contributed by atoms with van der Waals surface area (Å²) in [7, 11) is 3.37. The number of methoxy groups -OCH3 is 1. The Kier molecular flexibility index (Phi) is 5.08. The number of aryl methyl sites for hydroxylation is 2. The minimum atomic E-state index is -0.199. The Hall–Kier alpha value is -2.67. The van der Waals surface area contributed by atoms with Gasteiger partial charge in [-0.15, -0.1) is 11.3 Å². The van der Waals surface area contributed by atoms with Crippen LogP contribution in [0.3, 0.4) is 0 Å². The van der Waals surface area contributed by atoms with Crippen molar-refractivity contribution in [1.29, 1.82) is 0 Å². The fourth-order valence-corrected chi connectivity index (χ4v) is 3.46. The molecule has 7 heteroatoms. The Labute approximate surface area is 156 Å². The number of oxazole rings is 1. The smallest absolute Gasteiger partial charge is 0.276 e. The van der Waals surface area contributed by atoms with Crippen molar-refractivity contribution in [2.75, 3.05) is 14.2 Å². The fourth-order valence-electron chi connectivity index (χ4n) is 2.81. The van der Waals surface area contributed by atoms with Gasteiger partial charge in [-0.1, -0.05) is 6.07 Å². The van der Waals surface area contributed by atoms with Crippen molar-refractivity contribution < 1.29 is 13.9 Å². The number of thiophene rings is 1. The van der Waals surface area contributed by atoms with E-state index in [9.17, 15) is 4.79 Å². The predicted octanol–water partition coefficient (Wildman–Crippen LogP) is 4.00. The summed E-state index contributed by atoms with van der Waals surface area (Å²) in [5.74, 6) is 1.58. The maximum atomic E-state index is 12.8. The van der Waals surface area contributed by atoms with E-state index in [-0.39, 0.29) is 5.91 Å². The van der Waals surface area contributed by atoms with Gasteiger partial charge in [-0.2, -0.15) is 0 Å². The Morgan fingerprint density at radius 2 is 2.12 bits per heavy atom. The summed E-state index contributed by atoms with van der Waals surface area (Å²) in [6.45, 7) is 6.01. The second-order valence-corrected chi connectivity index (χ2v) is 7.06. The second-order valence-electron chi connectivity index (χ2n) is 6.11. The highest BCUT2D eigenvalue weighted by Gasteiger charge is 2.23. The summed E-state index contributed by atoms with van der Waals surface area (Å²) in [5, 5.41) is 1.95. The molecule has 0 bridgehead atoms. The molecular weight excluding hydrogens is 350 g/mol. The number of carbonyl (C=O) groups is 1. The lowest BCUT2D eigenvalue weighted by Gasteiger charge is -2.18. The molecule has 26 heavy (non-hydrogen) atoms. The molecule has 0 fully saturated rings. The summed E-state index contributed by atoms with van der Waals surface area (Å²) in [6.07, 6.45) is 1.76. The van der Waals surface area contributed by atoms with E-state index in [1.165, 1.54) is 11.3 Å². The zero-order valence-electron chi connectivity index (χ0n) is 15.5. The molecule has 0 spiro atoms. The quantitative estimate of drug-likeness (QED) is 0.678. The first-order valence-electron chi connectivity index (χ1n) is 8.18. The van der Waals surface area contributed by atoms with Gasteiger partial charge in [0.05, 0.1) is 24.2 Å². The maximum Gasteiger partial charge on any atom is 0.276 e. The number of ether oxygens (including phenoxy) is 1. The van der Waals surface area contributed by atoms with Crippen molar-refractivity contribution in [3.63, 3.8) is 0 Å². The third kappa shape index (κ3) is 3.35. The zero-order valence-corrected chi connectivity index (χ0v) is 16.3. The molecule has 0 atom stereocenters. The van der Waals surface area contributed by atoms with Gasteiger partial charge in [0.1, 0.15) is 11.5 Å². The summed E-state index contributed by atoms with van der Waals surface area (Å²) >= 11 is 1.52. The summed E-state index contributed by atoms with van der Waals surface area (Å²) in [4.78, 5) is 24.2. The van der Waals surface area contributed by atoms with Crippen LogP contribution in [0.5, 0.6) is 5.75 Å². The highest BCUT2D eigenvalue weighted by molar-refractivity contribution is 7.13. The largest absolute Gasteiger partial charge is 0.496 e. The van der Waals surface area contributed by atoms with E-state index in [1.54, 1.807) is 32.2 Å². The van der Waals surface area contributed by atoms with Crippen molar-refractivity contribution in [2.24, 2.45) is 0 Å². The first kappa shape index (κ1) is 18.1.